The van der Waals surface area contributed by atoms with Gasteiger partial charge in [0.2, 0.25) is 17.7 Å². The van der Waals surface area contributed by atoms with Crippen LogP contribution in [0.25, 0.3) is 11.5 Å². The van der Waals surface area contributed by atoms with Crippen molar-refractivity contribution in [3.8, 4) is 11.5 Å². The maximum atomic E-state index is 13.5. The lowest BCUT2D eigenvalue weighted by molar-refractivity contribution is -0.137. The molecule has 0 radical (unpaired) electrons. The molecule has 1 heterocycles. The van der Waals surface area contributed by atoms with Gasteiger partial charge in [-0.1, -0.05) is 61.3 Å². The van der Waals surface area contributed by atoms with Gasteiger partial charge in [-0.15, -0.1) is 10.2 Å². The molecule has 9 heteroatoms. The van der Waals surface area contributed by atoms with Crippen molar-refractivity contribution in [1.29, 1.82) is 0 Å². The van der Waals surface area contributed by atoms with E-state index in [1.165, 1.54) is 0 Å². The molecule has 33 heavy (non-hydrogen) atoms. The van der Waals surface area contributed by atoms with E-state index < -0.39 is 11.9 Å². The van der Waals surface area contributed by atoms with Crippen LogP contribution in [0.1, 0.15) is 43.9 Å². The summed E-state index contributed by atoms with van der Waals surface area (Å²) in [5.41, 5.74) is 0.933. The van der Waals surface area contributed by atoms with Crippen molar-refractivity contribution in [3.05, 3.63) is 70.0 Å². The molecule has 0 fully saturated rings. The number of benzene rings is 2. The maximum Gasteiger partial charge on any atom is 0.253 e. The van der Waals surface area contributed by atoms with Gasteiger partial charge in [0.15, 0.2) is 0 Å². The van der Waals surface area contributed by atoms with Crippen molar-refractivity contribution in [1.82, 2.24) is 20.4 Å². The minimum Gasteiger partial charge on any atom is -0.419 e. The molecule has 2 aromatic carbocycles. The Hall–Kier alpha value is -2.90. The monoisotopic (exact) mass is 488 g/mol. The van der Waals surface area contributed by atoms with Crippen molar-refractivity contribution in [2.45, 2.75) is 46.3 Å². The predicted octanol–water partition coefficient (Wildman–Crippen LogP) is 5.24. The van der Waals surface area contributed by atoms with Crippen LogP contribution in [-0.2, 0) is 11.3 Å². The van der Waals surface area contributed by atoms with Gasteiger partial charge in [-0.05, 0) is 44.0 Å². The van der Waals surface area contributed by atoms with E-state index >= 15 is 0 Å². The molecule has 0 saturated heterocycles. The summed E-state index contributed by atoms with van der Waals surface area (Å²) in [4.78, 5) is 27.9. The summed E-state index contributed by atoms with van der Waals surface area (Å²) in [5.74, 6) is -0.272. The van der Waals surface area contributed by atoms with Crippen LogP contribution in [0.5, 0.6) is 0 Å². The van der Waals surface area contributed by atoms with E-state index in [4.69, 9.17) is 27.6 Å². The second kappa shape index (κ2) is 10.8. The lowest BCUT2D eigenvalue weighted by Gasteiger charge is -2.31. The second-order valence-electron chi connectivity index (χ2n) is 8.22. The van der Waals surface area contributed by atoms with Gasteiger partial charge in [0.1, 0.15) is 6.04 Å². The molecule has 0 spiro atoms. The predicted molar refractivity (Wildman–Crippen MR) is 128 cm³/mol. The smallest absolute Gasteiger partial charge is 0.253 e. The number of nitrogens with zero attached hydrogens (tertiary/aromatic N) is 3. The molecule has 3 aromatic rings. The van der Waals surface area contributed by atoms with E-state index in [-0.39, 0.29) is 36.2 Å². The number of hydrogen-bond donors (Lipinski definition) is 1. The highest BCUT2D eigenvalue weighted by atomic mass is 35.5. The normalized spacial score (nSPS) is 12.1. The summed E-state index contributed by atoms with van der Waals surface area (Å²) in [7, 11) is 0. The molecule has 1 aromatic heterocycles. The van der Waals surface area contributed by atoms with Crippen LogP contribution in [0.15, 0.2) is 52.9 Å². The SMILES string of the molecule is CC(C)C(NC(=O)c1ccccc1Cl)C(=O)N(Cc1nnc(-c2ccccc2Cl)o1)C(C)C. The molecule has 7 nitrogen and oxygen atoms in total. The summed E-state index contributed by atoms with van der Waals surface area (Å²) < 4.78 is 5.78. The Morgan fingerprint density at radius 2 is 1.61 bits per heavy atom. The summed E-state index contributed by atoms with van der Waals surface area (Å²) in [5, 5.41) is 11.8. The molecule has 1 atom stereocenters. The second-order valence-corrected chi connectivity index (χ2v) is 9.03. The van der Waals surface area contributed by atoms with Gasteiger partial charge >= 0.3 is 0 Å². The molecule has 0 aliphatic heterocycles. The molecule has 0 bridgehead atoms. The van der Waals surface area contributed by atoms with E-state index in [0.29, 0.717) is 21.2 Å². The number of halogens is 2. The van der Waals surface area contributed by atoms with Gasteiger partial charge in [0.25, 0.3) is 5.91 Å². The first kappa shape index (κ1) is 24.7. The maximum absolute atomic E-state index is 13.5. The first-order chi connectivity index (χ1) is 15.7. The number of aromatic nitrogens is 2. The molecular weight excluding hydrogens is 463 g/mol. The third kappa shape index (κ3) is 5.92. The highest BCUT2D eigenvalue weighted by Gasteiger charge is 2.31. The summed E-state index contributed by atoms with van der Waals surface area (Å²) in [6.07, 6.45) is 0. The van der Waals surface area contributed by atoms with Crippen LogP contribution in [0.3, 0.4) is 0 Å². The molecule has 1 unspecified atom stereocenters. The Morgan fingerprint density at radius 3 is 2.21 bits per heavy atom. The third-order valence-corrected chi connectivity index (χ3v) is 5.78. The summed E-state index contributed by atoms with van der Waals surface area (Å²) in [6.45, 7) is 7.61. The quantitative estimate of drug-likeness (QED) is 0.468. The van der Waals surface area contributed by atoms with Crippen molar-refractivity contribution in [2.75, 3.05) is 0 Å². The van der Waals surface area contributed by atoms with E-state index in [1.54, 1.807) is 41.3 Å². The first-order valence-corrected chi connectivity index (χ1v) is 11.4. The lowest BCUT2D eigenvalue weighted by Crippen LogP contribution is -2.52. The fourth-order valence-corrected chi connectivity index (χ4v) is 3.72. The van der Waals surface area contributed by atoms with Gasteiger partial charge in [0, 0.05) is 6.04 Å². The first-order valence-electron chi connectivity index (χ1n) is 10.6. The van der Waals surface area contributed by atoms with Gasteiger partial charge < -0.3 is 14.6 Å². The highest BCUT2D eigenvalue weighted by molar-refractivity contribution is 6.34. The average Bonchev–Trinajstić information content (AvgIpc) is 3.24. The van der Waals surface area contributed by atoms with Gasteiger partial charge in [-0.25, -0.2) is 0 Å². The van der Waals surface area contributed by atoms with Gasteiger partial charge in [0.05, 0.1) is 27.7 Å². The minimum absolute atomic E-state index is 0.0964. The fraction of sp³-hybridized carbons (Fsp3) is 0.333. The molecule has 2 amide bonds. The Balaban J connectivity index is 1.80. The Bertz CT molecular complexity index is 1130. The Kier molecular flexibility index (Phi) is 8.10. The van der Waals surface area contributed by atoms with Crippen LogP contribution in [-0.4, -0.2) is 39.0 Å². The minimum atomic E-state index is -0.762. The number of hydrogen-bond acceptors (Lipinski definition) is 5. The van der Waals surface area contributed by atoms with Crippen LogP contribution in [0, 0.1) is 5.92 Å². The number of carbonyl (C=O) groups is 2. The largest absolute Gasteiger partial charge is 0.419 e. The number of nitrogens with one attached hydrogen (secondary N) is 1. The van der Waals surface area contributed by atoms with Crippen LogP contribution in [0.2, 0.25) is 10.0 Å². The Morgan fingerprint density at radius 1 is 0.970 bits per heavy atom. The van der Waals surface area contributed by atoms with Gasteiger partial charge in [-0.3, -0.25) is 9.59 Å². The summed E-state index contributed by atoms with van der Waals surface area (Å²) in [6, 6.07) is 12.9. The van der Waals surface area contributed by atoms with Crippen molar-refractivity contribution < 1.29 is 14.0 Å². The molecule has 174 valence electrons. The zero-order valence-corrected chi connectivity index (χ0v) is 20.4. The highest BCUT2D eigenvalue weighted by Crippen LogP contribution is 2.27. The third-order valence-electron chi connectivity index (χ3n) is 5.12. The van der Waals surface area contributed by atoms with Crippen molar-refractivity contribution in [2.24, 2.45) is 5.92 Å². The molecular formula is C24H26Cl2N4O3. The molecule has 3 rings (SSSR count). The van der Waals surface area contributed by atoms with Crippen LogP contribution < -0.4 is 5.32 Å². The zero-order chi connectivity index (χ0) is 24.1. The number of rotatable bonds is 8. The number of amides is 2. The summed E-state index contributed by atoms with van der Waals surface area (Å²) >= 11 is 12.4. The van der Waals surface area contributed by atoms with Crippen LogP contribution in [0.4, 0.5) is 0 Å². The average molecular weight is 489 g/mol. The fourth-order valence-electron chi connectivity index (χ4n) is 3.28. The zero-order valence-electron chi connectivity index (χ0n) is 18.9. The number of carbonyl (C=O) groups excluding carboxylic acids is 2. The van der Waals surface area contributed by atoms with Crippen molar-refractivity contribution in [3.63, 3.8) is 0 Å². The van der Waals surface area contributed by atoms with Crippen molar-refractivity contribution >= 4 is 35.0 Å². The standard InChI is InChI=1S/C24H26Cl2N4O3/c1-14(2)21(27-22(31)16-9-5-7-11-18(16)25)24(32)30(15(3)4)13-20-28-29-23(33-20)17-10-6-8-12-19(17)26/h5-12,14-15,21H,13H2,1-4H3,(H,27,31). The van der Waals surface area contributed by atoms with Gasteiger partial charge in [-0.2, -0.15) is 0 Å². The molecule has 0 aliphatic carbocycles. The molecule has 1 N–H and O–H groups in total. The van der Waals surface area contributed by atoms with E-state index in [1.807, 2.05) is 39.8 Å². The topological polar surface area (TPSA) is 88.3 Å². The molecule has 0 saturated carbocycles. The van der Waals surface area contributed by atoms with E-state index in [9.17, 15) is 9.59 Å². The lowest BCUT2D eigenvalue weighted by atomic mass is 10.0. The van der Waals surface area contributed by atoms with E-state index in [2.05, 4.69) is 15.5 Å². The molecule has 0 aliphatic rings. The Labute approximate surface area is 203 Å². The van der Waals surface area contributed by atoms with E-state index in [0.717, 1.165) is 0 Å². The van der Waals surface area contributed by atoms with Crippen LogP contribution >= 0.6 is 23.2 Å².